The van der Waals surface area contributed by atoms with Gasteiger partial charge in [0.2, 0.25) is 0 Å². The van der Waals surface area contributed by atoms with Gasteiger partial charge in [-0.3, -0.25) is 4.79 Å². The van der Waals surface area contributed by atoms with Crippen molar-refractivity contribution in [2.24, 2.45) is 0 Å². The zero-order chi connectivity index (χ0) is 16.5. The average molecular weight is 313 g/mol. The Morgan fingerprint density at radius 3 is 1.45 bits per heavy atom. The lowest BCUT2D eigenvalue weighted by Crippen LogP contribution is -3.05. The molecule has 0 aromatic carbocycles. The third-order valence-corrected chi connectivity index (χ3v) is 4.46. The molecule has 0 aliphatic carbocycles. The van der Waals surface area contributed by atoms with Crippen LogP contribution in [0.3, 0.4) is 0 Å². The minimum absolute atomic E-state index is 0.462. The summed E-state index contributed by atoms with van der Waals surface area (Å²) in [5, 5.41) is 0. The third kappa shape index (κ3) is 17.7. The number of carbonyl (C=O) groups is 1. The molecule has 0 rings (SSSR count). The Morgan fingerprint density at radius 2 is 1.05 bits per heavy atom. The van der Waals surface area contributed by atoms with Crippen LogP contribution in [-0.4, -0.2) is 26.4 Å². The van der Waals surface area contributed by atoms with E-state index in [4.69, 9.17) is 0 Å². The number of hydrogen-bond acceptors (Lipinski definition) is 1. The molecule has 0 aromatic rings. The minimum atomic E-state index is 0.462. The zero-order valence-corrected chi connectivity index (χ0v) is 15.7. The highest BCUT2D eigenvalue weighted by atomic mass is 16.1. The largest absolute Gasteiger partial charge is 0.339 e. The Balaban J connectivity index is 3.09. The van der Waals surface area contributed by atoms with Crippen molar-refractivity contribution < 1.29 is 9.69 Å². The second kappa shape index (κ2) is 17.0. The number of nitrogens with one attached hydrogen (secondary N) is 1. The van der Waals surface area contributed by atoms with E-state index in [1.807, 2.05) is 0 Å². The van der Waals surface area contributed by atoms with Crippen LogP contribution in [0.4, 0.5) is 0 Å². The van der Waals surface area contributed by atoms with Crippen LogP contribution in [0.25, 0.3) is 0 Å². The van der Waals surface area contributed by atoms with Gasteiger partial charge in [0.15, 0.2) is 0 Å². The van der Waals surface area contributed by atoms with E-state index in [9.17, 15) is 4.79 Å². The van der Waals surface area contributed by atoms with Gasteiger partial charge in [-0.25, -0.2) is 0 Å². The molecule has 0 fully saturated rings. The number of rotatable bonds is 17. The number of Topliss-reactive ketones (excluding diaryl/α,β-unsaturated/α-hetero) is 1. The van der Waals surface area contributed by atoms with E-state index < -0.39 is 0 Å². The maximum Gasteiger partial charge on any atom is 0.138 e. The summed E-state index contributed by atoms with van der Waals surface area (Å²) in [6, 6.07) is 0. The lowest BCUT2D eigenvalue weighted by atomic mass is 10.0. The molecule has 22 heavy (non-hydrogen) atoms. The Labute approximate surface area is 140 Å². The summed E-state index contributed by atoms with van der Waals surface area (Å²) >= 11 is 0. The van der Waals surface area contributed by atoms with Crippen LogP contribution in [0, 0.1) is 0 Å². The first kappa shape index (κ1) is 21.6. The number of hydrogen-bond donors (Lipinski definition) is 1. The molecule has 0 aliphatic rings. The molecular formula is C20H42NO+. The standard InChI is InChI=1S/C20H41NO/c1-4-5-6-7-8-9-10-11-12-13-14-15-16-17-20(22)18-19-21(2)3/h4-19H2,1-3H3/p+1. The van der Waals surface area contributed by atoms with Crippen molar-refractivity contribution in [1.29, 1.82) is 0 Å². The quantitative estimate of drug-likeness (QED) is 0.390. The van der Waals surface area contributed by atoms with Gasteiger partial charge in [0.1, 0.15) is 5.78 Å². The second-order valence-electron chi connectivity index (χ2n) is 7.24. The number of quaternary nitrogens is 1. The highest BCUT2D eigenvalue weighted by Crippen LogP contribution is 2.13. The highest BCUT2D eigenvalue weighted by Gasteiger charge is 2.04. The predicted octanol–water partition coefficient (Wildman–Crippen LogP) is 4.57. The molecule has 0 amide bonds. The van der Waals surface area contributed by atoms with Gasteiger partial charge in [-0.15, -0.1) is 0 Å². The molecule has 0 saturated carbocycles. The molecule has 0 aliphatic heterocycles. The molecule has 0 bridgehead atoms. The molecular weight excluding hydrogens is 270 g/mol. The fourth-order valence-corrected chi connectivity index (χ4v) is 2.85. The van der Waals surface area contributed by atoms with Crippen molar-refractivity contribution in [1.82, 2.24) is 0 Å². The zero-order valence-electron chi connectivity index (χ0n) is 15.7. The van der Waals surface area contributed by atoms with E-state index in [0.29, 0.717) is 5.78 Å². The normalized spacial score (nSPS) is 11.3. The van der Waals surface area contributed by atoms with Crippen LogP contribution in [0.2, 0.25) is 0 Å². The Morgan fingerprint density at radius 1 is 0.636 bits per heavy atom. The molecule has 1 N–H and O–H groups in total. The summed E-state index contributed by atoms with van der Waals surface area (Å²) in [6.45, 7) is 3.26. The lowest BCUT2D eigenvalue weighted by Gasteiger charge is -2.06. The van der Waals surface area contributed by atoms with Gasteiger partial charge in [-0.1, -0.05) is 84.0 Å². The summed E-state index contributed by atoms with van der Waals surface area (Å²) in [6.07, 6.45) is 19.4. The Bertz CT molecular complexity index is 238. The topological polar surface area (TPSA) is 21.5 Å². The minimum Gasteiger partial charge on any atom is -0.339 e. The van der Waals surface area contributed by atoms with Crippen molar-refractivity contribution in [3.05, 3.63) is 0 Å². The molecule has 0 aromatic heterocycles. The van der Waals surface area contributed by atoms with Gasteiger partial charge in [0.25, 0.3) is 0 Å². The highest BCUT2D eigenvalue weighted by molar-refractivity contribution is 5.78. The summed E-state index contributed by atoms with van der Waals surface area (Å²) in [5.41, 5.74) is 0. The molecule has 0 atom stereocenters. The molecule has 2 heteroatoms. The first-order valence-electron chi connectivity index (χ1n) is 9.97. The third-order valence-electron chi connectivity index (χ3n) is 4.46. The second-order valence-corrected chi connectivity index (χ2v) is 7.24. The fourth-order valence-electron chi connectivity index (χ4n) is 2.85. The van der Waals surface area contributed by atoms with Gasteiger partial charge in [-0.05, 0) is 6.42 Å². The van der Waals surface area contributed by atoms with Crippen molar-refractivity contribution in [3.8, 4) is 0 Å². The van der Waals surface area contributed by atoms with Crippen molar-refractivity contribution >= 4 is 5.78 Å². The van der Waals surface area contributed by atoms with E-state index >= 15 is 0 Å². The summed E-state index contributed by atoms with van der Waals surface area (Å²) in [4.78, 5) is 13.0. The summed E-state index contributed by atoms with van der Waals surface area (Å²) in [7, 11) is 4.22. The smallest absolute Gasteiger partial charge is 0.138 e. The van der Waals surface area contributed by atoms with Gasteiger partial charge < -0.3 is 4.90 Å². The van der Waals surface area contributed by atoms with Gasteiger partial charge >= 0.3 is 0 Å². The molecule has 0 unspecified atom stereocenters. The van der Waals surface area contributed by atoms with E-state index in [2.05, 4.69) is 21.0 Å². The first-order chi connectivity index (χ1) is 10.7. The van der Waals surface area contributed by atoms with Gasteiger partial charge in [-0.2, -0.15) is 0 Å². The molecule has 0 saturated heterocycles. The summed E-state index contributed by atoms with van der Waals surface area (Å²) < 4.78 is 0. The van der Waals surface area contributed by atoms with E-state index in [1.54, 1.807) is 0 Å². The first-order valence-corrected chi connectivity index (χ1v) is 9.97. The van der Waals surface area contributed by atoms with Gasteiger partial charge in [0.05, 0.1) is 27.1 Å². The molecule has 0 heterocycles. The fraction of sp³-hybridized carbons (Fsp3) is 0.950. The van der Waals surface area contributed by atoms with Gasteiger partial charge in [0, 0.05) is 6.42 Å². The SMILES string of the molecule is CCCCCCCCCCCCCCCC(=O)CC[NH+](C)C. The lowest BCUT2D eigenvalue weighted by molar-refractivity contribution is -0.857. The molecule has 0 spiro atoms. The monoisotopic (exact) mass is 312 g/mol. The van der Waals surface area contributed by atoms with E-state index in [0.717, 1.165) is 25.8 Å². The van der Waals surface area contributed by atoms with Crippen LogP contribution in [0.1, 0.15) is 103 Å². The maximum absolute atomic E-state index is 11.6. The molecule has 2 nitrogen and oxygen atoms in total. The van der Waals surface area contributed by atoms with Crippen LogP contribution in [0.5, 0.6) is 0 Å². The molecule has 132 valence electrons. The Kier molecular flexibility index (Phi) is 16.7. The number of carbonyl (C=O) groups excluding carboxylic acids is 1. The Hall–Kier alpha value is -0.370. The van der Waals surface area contributed by atoms with Crippen molar-refractivity contribution in [2.45, 2.75) is 103 Å². The van der Waals surface area contributed by atoms with E-state index in [-0.39, 0.29) is 0 Å². The van der Waals surface area contributed by atoms with Crippen molar-refractivity contribution in [2.75, 3.05) is 20.6 Å². The van der Waals surface area contributed by atoms with Crippen LogP contribution < -0.4 is 4.90 Å². The predicted molar refractivity (Wildman–Crippen MR) is 97.6 cm³/mol. The van der Waals surface area contributed by atoms with Crippen LogP contribution in [-0.2, 0) is 4.79 Å². The van der Waals surface area contributed by atoms with Crippen molar-refractivity contribution in [3.63, 3.8) is 0 Å². The molecule has 0 radical (unpaired) electrons. The van der Waals surface area contributed by atoms with Crippen LogP contribution >= 0.6 is 0 Å². The number of unbranched alkanes of at least 4 members (excludes halogenated alkanes) is 12. The maximum atomic E-state index is 11.6. The number of ketones is 1. The van der Waals surface area contributed by atoms with E-state index in [1.165, 1.54) is 81.9 Å². The average Bonchev–Trinajstić information content (AvgIpc) is 2.49. The van der Waals surface area contributed by atoms with Crippen LogP contribution in [0.15, 0.2) is 0 Å². The summed E-state index contributed by atoms with van der Waals surface area (Å²) in [5.74, 6) is 0.462.